The summed E-state index contributed by atoms with van der Waals surface area (Å²) in [6.45, 7) is 2.69. The summed E-state index contributed by atoms with van der Waals surface area (Å²) in [6.07, 6.45) is 0.0854. The van der Waals surface area contributed by atoms with Crippen molar-refractivity contribution in [1.29, 1.82) is 0 Å². The highest BCUT2D eigenvalue weighted by atomic mass is 35.6. The van der Waals surface area contributed by atoms with Crippen LogP contribution in [0, 0.1) is 0 Å². The van der Waals surface area contributed by atoms with E-state index < -0.39 is 55.3 Å². The Morgan fingerprint density at radius 2 is 1.86 bits per heavy atom. The molecule has 2 saturated heterocycles. The molecule has 7 nitrogen and oxygen atoms in total. The van der Waals surface area contributed by atoms with Crippen molar-refractivity contribution in [3.05, 3.63) is 35.9 Å². The molecular formula is C18H19Cl3N2O5S. The number of benzene rings is 1. The number of amides is 2. The quantitative estimate of drug-likeness (QED) is 0.393. The standard InChI is InChI=1S/C18H19Cl3N2O5S/c1-17(2)13(16(26)28-9-18(19,20)21)23-14(25)12(15(23)29(17)27)22-11(24)8-10-6-4-3-5-7-10/h3-7,12-13,15H,8-9H2,1-2H3,(H,22,24)/t12-,13-,15+,29-/m0/s1. The number of fused-ring (bicyclic) bond motifs is 1. The topological polar surface area (TPSA) is 92.8 Å². The van der Waals surface area contributed by atoms with E-state index >= 15 is 0 Å². The van der Waals surface area contributed by atoms with Gasteiger partial charge < -0.3 is 15.0 Å². The molecule has 0 unspecified atom stereocenters. The summed E-state index contributed by atoms with van der Waals surface area (Å²) in [6, 6.07) is 6.97. The van der Waals surface area contributed by atoms with Crippen molar-refractivity contribution in [2.45, 2.75) is 46.3 Å². The van der Waals surface area contributed by atoms with Crippen LogP contribution in [-0.2, 0) is 36.3 Å². The molecular weight excluding hydrogens is 463 g/mol. The summed E-state index contributed by atoms with van der Waals surface area (Å²) in [5, 5.41) is 1.81. The Morgan fingerprint density at radius 3 is 2.45 bits per heavy atom. The van der Waals surface area contributed by atoms with Crippen molar-refractivity contribution in [3.63, 3.8) is 0 Å². The zero-order valence-electron chi connectivity index (χ0n) is 15.6. The van der Waals surface area contributed by atoms with E-state index in [-0.39, 0.29) is 12.3 Å². The van der Waals surface area contributed by atoms with Crippen LogP contribution in [0.4, 0.5) is 0 Å². The van der Waals surface area contributed by atoms with Gasteiger partial charge in [-0.05, 0) is 19.4 Å². The summed E-state index contributed by atoms with van der Waals surface area (Å²) in [7, 11) is -1.62. The van der Waals surface area contributed by atoms with E-state index in [0.717, 1.165) is 5.56 Å². The number of carbonyl (C=O) groups excluding carboxylic acids is 3. The van der Waals surface area contributed by atoms with Gasteiger partial charge in [0.25, 0.3) is 0 Å². The van der Waals surface area contributed by atoms with E-state index in [1.165, 1.54) is 4.90 Å². The molecule has 1 aromatic carbocycles. The lowest BCUT2D eigenvalue weighted by molar-refractivity contribution is -0.164. The Hall–Kier alpha value is -1.35. The smallest absolute Gasteiger partial charge is 0.330 e. The second-order valence-corrected chi connectivity index (χ2v) is 12.0. The molecule has 0 radical (unpaired) electrons. The number of hydrogen-bond donors (Lipinski definition) is 1. The van der Waals surface area contributed by atoms with E-state index in [4.69, 9.17) is 39.5 Å². The van der Waals surface area contributed by atoms with Crippen LogP contribution < -0.4 is 5.32 Å². The molecule has 4 atom stereocenters. The Bertz CT molecular complexity index is 859. The number of β-lactam (4-membered cyclic amide) rings is 1. The first-order chi connectivity index (χ1) is 13.4. The maximum Gasteiger partial charge on any atom is 0.330 e. The van der Waals surface area contributed by atoms with Gasteiger partial charge in [-0.15, -0.1) is 0 Å². The molecule has 2 aliphatic rings. The van der Waals surface area contributed by atoms with E-state index in [1.54, 1.807) is 38.1 Å². The summed E-state index contributed by atoms with van der Waals surface area (Å²) in [4.78, 5) is 38.7. The van der Waals surface area contributed by atoms with Crippen LogP contribution in [0.3, 0.4) is 0 Å². The SMILES string of the molecule is CC1(C)[C@H](C(=O)OCC(Cl)(Cl)Cl)N2C(=O)[C@H](NC(=O)Cc3ccccc3)[C@H]2[S@@]1=O. The van der Waals surface area contributed by atoms with Gasteiger partial charge in [0.2, 0.25) is 15.6 Å². The summed E-state index contributed by atoms with van der Waals surface area (Å²) >= 11 is 16.8. The number of halogens is 3. The maximum atomic E-state index is 13.0. The van der Waals surface area contributed by atoms with Crippen molar-refractivity contribution < 1.29 is 23.3 Å². The first kappa shape index (κ1) is 22.3. The molecule has 2 aliphatic heterocycles. The third kappa shape index (κ3) is 4.40. The predicted molar refractivity (Wildman–Crippen MR) is 110 cm³/mol. The number of hydrogen-bond acceptors (Lipinski definition) is 5. The fourth-order valence-corrected chi connectivity index (χ4v) is 5.59. The first-order valence-electron chi connectivity index (χ1n) is 8.73. The van der Waals surface area contributed by atoms with Gasteiger partial charge in [-0.1, -0.05) is 65.1 Å². The van der Waals surface area contributed by atoms with Crippen molar-refractivity contribution in [3.8, 4) is 0 Å². The monoisotopic (exact) mass is 480 g/mol. The van der Waals surface area contributed by atoms with Crippen LogP contribution in [0.1, 0.15) is 19.4 Å². The molecule has 0 bridgehead atoms. The van der Waals surface area contributed by atoms with Crippen LogP contribution in [0.15, 0.2) is 30.3 Å². The van der Waals surface area contributed by atoms with Crippen molar-refractivity contribution in [2.24, 2.45) is 0 Å². The minimum Gasteiger partial charge on any atom is -0.460 e. The average molecular weight is 482 g/mol. The largest absolute Gasteiger partial charge is 0.460 e. The molecule has 0 saturated carbocycles. The zero-order valence-corrected chi connectivity index (χ0v) is 18.6. The van der Waals surface area contributed by atoms with Crippen LogP contribution >= 0.6 is 34.8 Å². The van der Waals surface area contributed by atoms with E-state index in [2.05, 4.69) is 5.32 Å². The molecule has 0 spiro atoms. The number of carbonyl (C=O) groups is 3. The number of rotatable bonds is 5. The first-order valence-corrected chi connectivity index (χ1v) is 11.1. The highest BCUT2D eigenvalue weighted by molar-refractivity contribution is 7.87. The Balaban J connectivity index is 1.71. The number of alkyl halides is 3. The lowest BCUT2D eigenvalue weighted by atomic mass is 9.96. The molecule has 2 fully saturated rings. The van der Waals surface area contributed by atoms with Gasteiger partial charge in [0.15, 0.2) is 0 Å². The van der Waals surface area contributed by atoms with Gasteiger partial charge >= 0.3 is 5.97 Å². The van der Waals surface area contributed by atoms with Crippen LogP contribution in [-0.4, -0.2) is 59.5 Å². The predicted octanol–water partition coefficient (Wildman–Crippen LogP) is 1.71. The molecule has 29 heavy (non-hydrogen) atoms. The molecule has 3 rings (SSSR count). The molecule has 0 aliphatic carbocycles. The van der Waals surface area contributed by atoms with Gasteiger partial charge in [-0.3, -0.25) is 13.8 Å². The van der Waals surface area contributed by atoms with Gasteiger partial charge in [-0.2, -0.15) is 0 Å². The van der Waals surface area contributed by atoms with E-state index in [9.17, 15) is 18.6 Å². The van der Waals surface area contributed by atoms with Crippen molar-refractivity contribution in [1.82, 2.24) is 10.2 Å². The number of ether oxygens (including phenoxy) is 1. The second kappa shape index (κ2) is 8.06. The molecule has 11 heteroatoms. The van der Waals surface area contributed by atoms with Crippen LogP contribution in [0.25, 0.3) is 0 Å². The molecule has 2 heterocycles. The molecule has 1 N–H and O–H groups in total. The van der Waals surface area contributed by atoms with Crippen LogP contribution in [0.2, 0.25) is 0 Å². The lowest BCUT2D eigenvalue weighted by Crippen LogP contribution is -2.71. The van der Waals surface area contributed by atoms with E-state index in [0.29, 0.717) is 0 Å². The Kier molecular flexibility index (Phi) is 6.21. The average Bonchev–Trinajstić information content (AvgIpc) is 2.82. The fourth-order valence-electron chi connectivity index (χ4n) is 3.51. The number of esters is 1. The summed E-state index contributed by atoms with van der Waals surface area (Å²) in [5.41, 5.74) is 0.787. The second-order valence-electron chi connectivity index (χ2n) is 7.37. The molecule has 0 aromatic heterocycles. The normalized spacial score (nSPS) is 27.8. The Labute approximate surface area is 185 Å². The highest BCUT2D eigenvalue weighted by Crippen LogP contribution is 2.44. The number of nitrogens with zero attached hydrogens (tertiary/aromatic N) is 1. The van der Waals surface area contributed by atoms with E-state index in [1.807, 2.05) is 6.07 Å². The maximum absolute atomic E-state index is 13.0. The summed E-state index contributed by atoms with van der Waals surface area (Å²) < 4.78 is 15.1. The lowest BCUT2D eigenvalue weighted by Gasteiger charge is -2.43. The Morgan fingerprint density at radius 1 is 1.24 bits per heavy atom. The minimum absolute atomic E-state index is 0.0854. The van der Waals surface area contributed by atoms with Crippen molar-refractivity contribution in [2.75, 3.05) is 6.61 Å². The minimum atomic E-state index is -1.80. The molecule has 2 amide bonds. The summed E-state index contributed by atoms with van der Waals surface area (Å²) in [5.74, 6) is -1.67. The highest BCUT2D eigenvalue weighted by Gasteiger charge is 2.68. The van der Waals surface area contributed by atoms with Crippen molar-refractivity contribution >= 4 is 63.4 Å². The third-order valence-electron chi connectivity index (χ3n) is 4.88. The number of nitrogens with one attached hydrogen (secondary N) is 1. The van der Waals surface area contributed by atoms with Crippen LogP contribution in [0.5, 0.6) is 0 Å². The molecule has 1 aromatic rings. The van der Waals surface area contributed by atoms with Gasteiger partial charge in [0, 0.05) is 0 Å². The van der Waals surface area contributed by atoms with Gasteiger partial charge in [0.05, 0.1) is 22.0 Å². The van der Waals surface area contributed by atoms with Gasteiger partial charge in [0.1, 0.15) is 24.1 Å². The van der Waals surface area contributed by atoms with Gasteiger partial charge in [-0.25, -0.2) is 4.79 Å². The zero-order chi connectivity index (χ0) is 21.6. The molecule has 158 valence electrons. The fraction of sp³-hybridized carbons (Fsp3) is 0.500. The third-order valence-corrected chi connectivity index (χ3v) is 7.41.